The Morgan fingerprint density at radius 1 is 0.778 bits per heavy atom. The highest BCUT2D eigenvalue weighted by molar-refractivity contribution is 4.94. The molecule has 0 aromatic rings. The second-order valence-corrected chi connectivity index (χ2v) is 3.63. The van der Waals surface area contributed by atoms with Crippen molar-refractivity contribution < 1.29 is 0 Å². The van der Waals surface area contributed by atoms with Crippen LogP contribution >= 0.6 is 0 Å². The summed E-state index contributed by atoms with van der Waals surface area (Å²) in [6.45, 7) is 9.36. The largest absolute Gasteiger partial charge is 0.0620 e. The van der Waals surface area contributed by atoms with Crippen LogP contribution in [-0.2, 0) is 0 Å². The van der Waals surface area contributed by atoms with Crippen LogP contribution in [0.5, 0.6) is 0 Å². The molecule has 0 amide bonds. The zero-order chi connectivity index (χ0) is 7.02. The fraction of sp³-hybridized carbons (Fsp3) is 0.889. The molecular weight excluding hydrogens is 108 g/mol. The SMILES string of the molecule is CC1[CH]C(C)C(C)C1C. The van der Waals surface area contributed by atoms with E-state index in [2.05, 4.69) is 34.1 Å². The van der Waals surface area contributed by atoms with Crippen LogP contribution in [0.25, 0.3) is 0 Å². The molecule has 9 heavy (non-hydrogen) atoms. The van der Waals surface area contributed by atoms with Gasteiger partial charge in [-0.15, -0.1) is 0 Å². The summed E-state index contributed by atoms with van der Waals surface area (Å²) < 4.78 is 0. The van der Waals surface area contributed by atoms with Gasteiger partial charge in [0, 0.05) is 0 Å². The Morgan fingerprint density at radius 2 is 1.11 bits per heavy atom. The highest BCUT2D eigenvalue weighted by atomic mass is 14.4. The molecular formula is C9H17. The smallest absolute Gasteiger partial charge is 0.0324 e. The fourth-order valence-electron chi connectivity index (χ4n) is 1.79. The lowest BCUT2D eigenvalue weighted by Gasteiger charge is -2.14. The lowest BCUT2D eigenvalue weighted by Crippen LogP contribution is -2.07. The molecule has 4 unspecified atom stereocenters. The predicted molar refractivity (Wildman–Crippen MR) is 41.0 cm³/mol. The van der Waals surface area contributed by atoms with Crippen molar-refractivity contribution in [1.82, 2.24) is 0 Å². The maximum absolute atomic E-state index is 2.48. The molecule has 0 heterocycles. The van der Waals surface area contributed by atoms with E-state index in [1.165, 1.54) is 0 Å². The minimum atomic E-state index is 0.843. The average molecular weight is 125 g/mol. The third-order valence-corrected chi connectivity index (χ3v) is 3.10. The van der Waals surface area contributed by atoms with Crippen molar-refractivity contribution in [2.24, 2.45) is 23.7 Å². The third kappa shape index (κ3) is 1.12. The predicted octanol–water partition coefficient (Wildman–Crippen LogP) is 2.75. The van der Waals surface area contributed by atoms with Gasteiger partial charge in [0.25, 0.3) is 0 Å². The summed E-state index contributed by atoms with van der Waals surface area (Å²) >= 11 is 0. The zero-order valence-electron chi connectivity index (χ0n) is 6.89. The maximum atomic E-state index is 2.48. The first kappa shape index (κ1) is 7.11. The Kier molecular flexibility index (Phi) is 1.83. The van der Waals surface area contributed by atoms with Crippen LogP contribution in [0.4, 0.5) is 0 Å². The topological polar surface area (TPSA) is 0 Å². The number of hydrogen-bond donors (Lipinski definition) is 0. The minimum Gasteiger partial charge on any atom is -0.0620 e. The van der Waals surface area contributed by atoms with E-state index < -0.39 is 0 Å². The Labute approximate surface area is 58.7 Å². The summed E-state index contributed by atoms with van der Waals surface area (Å²) in [5.74, 6) is 3.49. The molecule has 0 aromatic carbocycles. The molecule has 0 aromatic heterocycles. The fourth-order valence-corrected chi connectivity index (χ4v) is 1.79. The van der Waals surface area contributed by atoms with Gasteiger partial charge < -0.3 is 0 Å². The van der Waals surface area contributed by atoms with Crippen LogP contribution < -0.4 is 0 Å². The molecule has 0 N–H and O–H groups in total. The molecule has 4 atom stereocenters. The second-order valence-electron chi connectivity index (χ2n) is 3.63. The average Bonchev–Trinajstić information content (AvgIpc) is 1.98. The van der Waals surface area contributed by atoms with Gasteiger partial charge in [0.05, 0.1) is 0 Å². The van der Waals surface area contributed by atoms with Crippen LogP contribution in [0, 0.1) is 30.1 Å². The first-order valence-electron chi connectivity index (χ1n) is 3.98. The monoisotopic (exact) mass is 125 g/mol. The van der Waals surface area contributed by atoms with Crippen molar-refractivity contribution in [3.05, 3.63) is 6.42 Å². The maximum Gasteiger partial charge on any atom is -0.0324 e. The molecule has 0 nitrogen and oxygen atoms in total. The van der Waals surface area contributed by atoms with Gasteiger partial charge in [0.1, 0.15) is 0 Å². The van der Waals surface area contributed by atoms with Crippen LogP contribution in [0.15, 0.2) is 0 Å². The third-order valence-electron chi connectivity index (χ3n) is 3.10. The van der Waals surface area contributed by atoms with Gasteiger partial charge in [-0.05, 0) is 30.1 Å². The quantitative estimate of drug-likeness (QED) is 0.467. The summed E-state index contributed by atoms with van der Waals surface area (Å²) in [5.41, 5.74) is 0. The summed E-state index contributed by atoms with van der Waals surface area (Å²) in [6, 6.07) is 0. The zero-order valence-corrected chi connectivity index (χ0v) is 6.89. The second kappa shape index (κ2) is 2.32. The van der Waals surface area contributed by atoms with Crippen molar-refractivity contribution in [1.29, 1.82) is 0 Å². The molecule has 53 valence electrons. The molecule has 0 heteroatoms. The highest BCUT2D eigenvalue weighted by Gasteiger charge is 2.32. The molecule has 1 fully saturated rings. The van der Waals surface area contributed by atoms with E-state index >= 15 is 0 Å². The van der Waals surface area contributed by atoms with Gasteiger partial charge in [-0.1, -0.05) is 27.7 Å². The first-order valence-corrected chi connectivity index (χ1v) is 3.98. The summed E-state index contributed by atoms with van der Waals surface area (Å²) in [6.07, 6.45) is 2.48. The first-order chi connectivity index (χ1) is 4.13. The van der Waals surface area contributed by atoms with Crippen molar-refractivity contribution >= 4 is 0 Å². The van der Waals surface area contributed by atoms with Crippen LogP contribution in [-0.4, -0.2) is 0 Å². The van der Waals surface area contributed by atoms with Gasteiger partial charge in [-0.2, -0.15) is 0 Å². The Bertz CT molecular complexity index is 84.2. The molecule has 1 saturated carbocycles. The Balaban J connectivity index is 2.54. The molecule has 1 radical (unpaired) electrons. The van der Waals surface area contributed by atoms with E-state index in [1.807, 2.05) is 0 Å². The lowest BCUT2D eigenvalue weighted by atomic mass is 9.92. The standard InChI is InChI=1S/C9H17/c1-6-5-7(2)9(4)8(6)3/h5-9H,1-4H3. The molecule has 1 aliphatic carbocycles. The van der Waals surface area contributed by atoms with Crippen molar-refractivity contribution in [2.75, 3.05) is 0 Å². The van der Waals surface area contributed by atoms with E-state index in [9.17, 15) is 0 Å². The van der Waals surface area contributed by atoms with Gasteiger partial charge in [0.2, 0.25) is 0 Å². The molecule has 0 saturated heterocycles. The molecule has 0 bridgehead atoms. The van der Waals surface area contributed by atoms with Crippen molar-refractivity contribution in [2.45, 2.75) is 27.7 Å². The summed E-state index contributed by atoms with van der Waals surface area (Å²) in [5, 5.41) is 0. The molecule has 0 spiro atoms. The molecule has 1 rings (SSSR count). The van der Waals surface area contributed by atoms with Gasteiger partial charge in [-0.3, -0.25) is 0 Å². The van der Waals surface area contributed by atoms with Crippen LogP contribution in [0.1, 0.15) is 27.7 Å². The Hall–Kier alpha value is 0. The van der Waals surface area contributed by atoms with E-state index in [4.69, 9.17) is 0 Å². The van der Waals surface area contributed by atoms with Crippen LogP contribution in [0.2, 0.25) is 0 Å². The summed E-state index contributed by atoms with van der Waals surface area (Å²) in [7, 11) is 0. The van der Waals surface area contributed by atoms with Crippen LogP contribution in [0.3, 0.4) is 0 Å². The van der Waals surface area contributed by atoms with Gasteiger partial charge in [-0.25, -0.2) is 0 Å². The van der Waals surface area contributed by atoms with E-state index in [0.29, 0.717) is 0 Å². The van der Waals surface area contributed by atoms with Gasteiger partial charge >= 0.3 is 0 Å². The molecule has 0 aliphatic heterocycles. The Morgan fingerprint density at radius 3 is 1.22 bits per heavy atom. The van der Waals surface area contributed by atoms with E-state index in [-0.39, 0.29) is 0 Å². The number of rotatable bonds is 0. The normalized spacial score (nSPS) is 52.0. The van der Waals surface area contributed by atoms with Crippen molar-refractivity contribution in [3.63, 3.8) is 0 Å². The van der Waals surface area contributed by atoms with Crippen molar-refractivity contribution in [3.8, 4) is 0 Å². The van der Waals surface area contributed by atoms with E-state index in [0.717, 1.165) is 23.7 Å². The van der Waals surface area contributed by atoms with Gasteiger partial charge in [0.15, 0.2) is 0 Å². The lowest BCUT2D eigenvalue weighted by molar-refractivity contribution is 0.352. The molecule has 1 aliphatic rings. The number of hydrogen-bond acceptors (Lipinski definition) is 0. The highest BCUT2D eigenvalue weighted by Crippen LogP contribution is 2.39. The minimum absolute atomic E-state index is 0.843. The van der Waals surface area contributed by atoms with E-state index in [1.54, 1.807) is 0 Å². The summed E-state index contributed by atoms with van der Waals surface area (Å²) in [4.78, 5) is 0.